The van der Waals surface area contributed by atoms with Crippen molar-refractivity contribution < 1.29 is 8.78 Å². The molecule has 1 heterocycles. The summed E-state index contributed by atoms with van der Waals surface area (Å²) in [6.07, 6.45) is 1.51. The summed E-state index contributed by atoms with van der Waals surface area (Å²) in [5.41, 5.74) is 6.73. The van der Waals surface area contributed by atoms with Gasteiger partial charge in [0.15, 0.2) is 11.6 Å². The van der Waals surface area contributed by atoms with E-state index in [1.165, 1.54) is 12.3 Å². The third kappa shape index (κ3) is 2.95. The lowest BCUT2D eigenvalue weighted by molar-refractivity contribution is 0.507. The van der Waals surface area contributed by atoms with Gasteiger partial charge in [0.2, 0.25) is 0 Å². The molecule has 6 heteroatoms. The van der Waals surface area contributed by atoms with Crippen molar-refractivity contribution in [2.75, 3.05) is 11.1 Å². The van der Waals surface area contributed by atoms with E-state index in [2.05, 4.69) is 26.2 Å². The average Bonchev–Trinajstić information content (AvgIpc) is 2.32. The predicted molar refractivity (Wildman–Crippen MR) is 70.0 cm³/mol. The molecule has 0 spiro atoms. The number of hydrogen-bond acceptors (Lipinski definition) is 3. The van der Waals surface area contributed by atoms with Gasteiger partial charge in [0.05, 0.1) is 16.4 Å². The van der Waals surface area contributed by atoms with E-state index in [9.17, 15) is 8.78 Å². The lowest BCUT2D eigenvalue weighted by Gasteiger charge is -2.08. The van der Waals surface area contributed by atoms with Crippen LogP contribution in [0.5, 0.6) is 0 Å². The highest BCUT2D eigenvalue weighted by Gasteiger charge is 2.04. The number of benzene rings is 1. The zero-order chi connectivity index (χ0) is 13.1. The summed E-state index contributed by atoms with van der Waals surface area (Å²) < 4.78 is 26.4. The molecule has 2 rings (SSSR count). The molecule has 0 aliphatic carbocycles. The summed E-state index contributed by atoms with van der Waals surface area (Å²) in [5, 5.41) is 3.00. The minimum absolute atomic E-state index is 0.340. The van der Waals surface area contributed by atoms with Crippen LogP contribution >= 0.6 is 15.9 Å². The number of aromatic nitrogens is 1. The van der Waals surface area contributed by atoms with Crippen LogP contribution in [0, 0.1) is 11.6 Å². The number of anilines is 2. The second-order valence-electron chi connectivity index (χ2n) is 3.70. The van der Waals surface area contributed by atoms with Gasteiger partial charge in [-0.25, -0.2) is 13.8 Å². The van der Waals surface area contributed by atoms with E-state index in [0.29, 0.717) is 28.1 Å². The van der Waals surface area contributed by atoms with Crippen molar-refractivity contribution >= 4 is 27.4 Å². The Labute approximate surface area is 111 Å². The standard InChI is InChI=1S/C12H10BrF2N3/c13-9-4-8(16)6-18-12(9)17-5-7-1-2-10(14)11(15)3-7/h1-4,6H,5,16H2,(H,17,18). The molecule has 0 fully saturated rings. The number of nitrogens with two attached hydrogens (primary N) is 1. The first-order valence-electron chi connectivity index (χ1n) is 5.15. The Hall–Kier alpha value is -1.69. The number of nitrogens with zero attached hydrogens (tertiary/aromatic N) is 1. The Kier molecular flexibility index (Phi) is 3.76. The molecule has 2 aromatic rings. The van der Waals surface area contributed by atoms with Crippen molar-refractivity contribution in [1.82, 2.24) is 4.98 Å². The fraction of sp³-hybridized carbons (Fsp3) is 0.0833. The minimum Gasteiger partial charge on any atom is -0.397 e. The Balaban J connectivity index is 2.09. The smallest absolute Gasteiger partial charge is 0.159 e. The monoisotopic (exact) mass is 313 g/mol. The molecule has 3 nitrogen and oxygen atoms in total. The lowest BCUT2D eigenvalue weighted by Crippen LogP contribution is -2.03. The molecule has 18 heavy (non-hydrogen) atoms. The van der Waals surface area contributed by atoms with Crippen LogP contribution in [0.2, 0.25) is 0 Å². The van der Waals surface area contributed by atoms with Crippen molar-refractivity contribution in [3.05, 3.63) is 52.1 Å². The molecule has 0 amide bonds. The van der Waals surface area contributed by atoms with E-state index >= 15 is 0 Å². The van der Waals surface area contributed by atoms with E-state index < -0.39 is 11.6 Å². The zero-order valence-electron chi connectivity index (χ0n) is 9.25. The van der Waals surface area contributed by atoms with Crippen molar-refractivity contribution in [2.24, 2.45) is 0 Å². The summed E-state index contributed by atoms with van der Waals surface area (Å²) in [4.78, 5) is 4.08. The Morgan fingerprint density at radius 3 is 2.67 bits per heavy atom. The van der Waals surface area contributed by atoms with Gasteiger partial charge in [-0.3, -0.25) is 0 Å². The van der Waals surface area contributed by atoms with Gasteiger partial charge in [-0.1, -0.05) is 6.07 Å². The highest BCUT2D eigenvalue weighted by Crippen LogP contribution is 2.22. The Morgan fingerprint density at radius 1 is 1.22 bits per heavy atom. The van der Waals surface area contributed by atoms with Crippen molar-refractivity contribution in [2.45, 2.75) is 6.54 Å². The van der Waals surface area contributed by atoms with Crippen LogP contribution in [-0.2, 0) is 6.54 Å². The molecular formula is C12H10BrF2N3. The number of hydrogen-bond donors (Lipinski definition) is 2. The summed E-state index contributed by atoms with van der Waals surface area (Å²) >= 11 is 3.31. The molecule has 0 radical (unpaired) electrons. The second-order valence-corrected chi connectivity index (χ2v) is 4.56. The topological polar surface area (TPSA) is 50.9 Å². The summed E-state index contributed by atoms with van der Waals surface area (Å²) in [6, 6.07) is 5.46. The quantitative estimate of drug-likeness (QED) is 0.914. The third-order valence-electron chi connectivity index (χ3n) is 2.31. The van der Waals surface area contributed by atoms with Crippen LogP contribution in [0.3, 0.4) is 0 Å². The highest BCUT2D eigenvalue weighted by molar-refractivity contribution is 9.10. The number of nitrogens with one attached hydrogen (secondary N) is 1. The van der Waals surface area contributed by atoms with Crippen LogP contribution in [0.25, 0.3) is 0 Å². The Morgan fingerprint density at radius 2 is 2.00 bits per heavy atom. The van der Waals surface area contributed by atoms with Gasteiger partial charge in [0.25, 0.3) is 0 Å². The highest BCUT2D eigenvalue weighted by atomic mass is 79.9. The molecule has 3 N–H and O–H groups in total. The molecule has 0 atom stereocenters. The van der Waals surface area contributed by atoms with Crippen LogP contribution < -0.4 is 11.1 Å². The van der Waals surface area contributed by atoms with Gasteiger partial charge < -0.3 is 11.1 Å². The first-order chi connectivity index (χ1) is 8.56. The molecule has 0 aliphatic heterocycles. The average molecular weight is 314 g/mol. The summed E-state index contributed by atoms with van der Waals surface area (Å²) in [6.45, 7) is 0.340. The van der Waals surface area contributed by atoms with Crippen LogP contribution in [-0.4, -0.2) is 4.98 Å². The first kappa shape index (κ1) is 12.8. The van der Waals surface area contributed by atoms with E-state index in [4.69, 9.17) is 5.73 Å². The molecule has 94 valence electrons. The molecule has 0 saturated carbocycles. The van der Waals surface area contributed by atoms with Gasteiger partial charge >= 0.3 is 0 Å². The normalized spacial score (nSPS) is 10.4. The van der Waals surface area contributed by atoms with E-state index in [0.717, 1.165) is 12.1 Å². The van der Waals surface area contributed by atoms with Crippen molar-refractivity contribution in [3.63, 3.8) is 0 Å². The maximum Gasteiger partial charge on any atom is 0.159 e. The fourth-order valence-electron chi connectivity index (χ4n) is 1.42. The van der Waals surface area contributed by atoms with Gasteiger partial charge in [-0.05, 0) is 39.7 Å². The van der Waals surface area contributed by atoms with Gasteiger partial charge in [0, 0.05) is 6.54 Å². The number of pyridine rings is 1. The van der Waals surface area contributed by atoms with Crippen LogP contribution in [0.1, 0.15) is 5.56 Å². The lowest BCUT2D eigenvalue weighted by atomic mass is 10.2. The molecule has 1 aromatic carbocycles. The van der Waals surface area contributed by atoms with Gasteiger partial charge in [0.1, 0.15) is 5.82 Å². The molecule has 0 saturated heterocycles. The minimum atomic E-state index is -0.862. The zero-order valence-corrected chi connectivity index (χ0v) is 10.8. The number of halogens is 3. The largest absolute Gasteiger partial charge is 0.397 e. The fourth-order valence-corrected chi connectivity index (χ4v) is 1.93. The van der Waals surface area contributed by atoms with Crippen molar-refractivity contribution in [3.8, 4) is 0 Å². The second kappa shape index (κ2) is 5.30. The van der Waals surface area contributed by atoms with E-state index in [1.807, 2.05) is 0 Å². The van der Waals surface area contributed by atoms with E-state index in [-0.39, 0.29) is 0 Å². The van der Waals surface area contributed by atoms with Crippen molar-refractivity contribution in [1.29, 1.82) is 0 Å². The molecule has 0 unspecified atom stereocenters. The molecular weight excluding hydrogens is 304 g/mol. The first-order valence-corrected chi connectivity index (χ1v) is 5.94. The summed E-state index contributed by atoms with van der Waals surface area (Å²) in [5.74, 6) is -1.13. The van der Waals surface area contributed by atoms with E-state index in [1.54, 1.807) is 6.07 Å². The Bertz CT molecular complexity index is 575. The number of rotatable bonds is 3. The van der Waals surface area contributed by atoms with Crippen LogP contribution in [0.15, 0.2) is 34.9 Å². The van der Waals surface area contributed by atoms with Crippen LogP contribution in [0.4, 0.5) is 20.3 Å². The molecule has 1 aromatic heterocycles. The third-order valence-corrected chi connectivity index (χ3v) is 2.91. The predicted octanol–water partition coefficient (Wildman–Crippen LogP) is 3.32. The van der Waals surface area contributed by atoms with Gasteiger partial charge in [-0.15, -0.1) is 0 Å². The maximum absolute atomic E-state index is 13.0. The number of nitrogen functional groups attached to an aromatic ring is 1. The maximum atomic E-state index is 13.0. The summed E-state index contributed by atoms with van der Waals surface area (Å²) in [7, 11) is 0. The molecule has 0 bridgehead atoms. The van der Waals surface area contributed by atoms with Gasteiger partial charge in [-0.2, -0.15) is 0 Å². The SMILES string of the molecule is Nc1cnc(NCc2ccc(F)c(F)c2)c(Br)c1. The molecule has 0 aliphatic rings.